The molecule has 112 valence electrons. The molecule has 4 heteroatoms. The molecule has 0 spiro atoms. The second-order valence-corrected chi connectivity index (χ2v) is 6.71. The molecule has 3 nitrogen and oxygen atoms in total. The molecule has 0 saturated heterocycles. The average molecular weight is 356 g/mol. The summed E-state index contributed by atoms with van der Waals surface area (Å²) in [4.78, 5) is 4.74. The first-order chi connectivity index (χ1) is 10.7. The smallest absolute Gasteiger partial charge is 0.123 e. The van der Waals surface area contributed by atoms with Gasteiger partial charge in [-0.15, -0.1) is 0 Å². The number of hydrogen-bond donors (Lipinski definition) is 1. The zero-order valence-electron chi connectivity index (χ0n) is 12.5. The van der Waals surface area contributed by atoms with E-state index in [1.807, 2.05) is 6.07 Å². The molecule has 1 aromatic heterocycles. The second-order valence-electron chi connectivity index (χ2n) is 5.86. The highest BCUT2D eigenvalue weighted by molar-refractivity contribution is 9.10. The van der Waals surface area contributed by atoms with Gasteiger partial charge in [-0.25, -0.2) is 4.98 Å². The predicted molar refractivity (Wildman–Crippen MR) is 92.8 cm³/mol. The SMILES string of the molecule is Cn1c(CNC2CCc3c(Br)cccc32)nc2ccccc21. The number of halogens is 1. The Labute approximate surface area is 138 Å². The number of fused-ring (bicyclic) bond motifs is 2. The van der Waals surface area contributed by atoms with Crippen LogP contribution in [-0.2, 0) is 20.0 Å². The van der Waals surface area contributed by atoms with Gasteiger partial charge in [0.25, 0.3) is 0 Å². The molecular formula is C18H18BrN3. The summed E-state index contributed by atoms with van der Waals surface area (Å²) in [5.74, 6) is 1.09. The van der Waals surface area contributed by atoms with Crippen LogP contribution in [0.2, 0.25) is 0 Å². The molecule has 1 aliphatic carbocycles. The number of nitrogens with zero attached hydrogens (tertiary/aromatic N) is 2. The van der Waals surface area contributed by atoms with E-state index in [4.69, 9.17) is 4.98 Å². The first-order valence-corrected chi connectivity index (χ1v) is 8.44. The number of hydrogen-bond acceptors (Lipinski definition) is 2. The topological polar surface area (TPSA) is 29.9 Å². The van der Waals surface area contributed by atoms with Crippen LogP contribution in [0.15, 0.2) is 46.9 Å². The molecule has 0 bridgehead atoms. The van der Waals surface area contributed by atoms with Gasteiger partial charge >= 0.3 is 0 Å². The standard InChI is InChI=1S/C18H18BrN3/c1-22-17-8-3-2-7-16(17)21-18(22)11-20-15-10-9-12-13(15)5-4-6-14(12)19/h2-8,15,20H,9-11H2,1H3. The van der Waals surface area contributed by atoms with E-state index < -0.39 is 0 Å². The molecule has 3 aromatic rings. The van der Waals surface area contributed by atoms with Crippen LogP contribution in [0, 0.1) is 0 Å². The third-order valence-electron chi connectivity index (χ3n) is 4.60. The van der Waals surface area contributed by atoms with Crippen LogP contribution < -0.4 is 5.32 Å². The Kier molecular flexibility index (Phi) is 3.51. The minimum absolute atomic E-state index is 0.423. The molecular weight excluding hydrogens is 338 g/mol. The van der Waals surface area contributed by atoms with Crippen LogP contribution in [-0.4, -0.2) is 9.55 Å². The summed E-state index contributed by atoms with van der Waals surface area (Å²) in [7, 11) is 2.09. The maximum Gasteiger partial charge on any atom is 0.123 e. The molecule has 1 heterocycles. The fraction of sp³-hybridized carbons (Fsp3) is 0.278. The lowest BCUT2D eigenvalue weighted by Gasteiger charge is -2.14. The monoisotopic (exact) mass is 355 g/mol. The minimum Gasteiger partial charge on any atom is -0.330 e. The third kappa shape index (κ3) is 2.27. The molecule has 0 radical (unpaired) electrons. The lowest BCUT2D eigenvalue weighted by molar-refractivity contribution is 0.513. The van der Waals surface area contributed by atoms with Crippen LogP contribution in [0.25, 0.3) is 11.0 Å². The van der Waals surface area contributed by atoms with Gasteiger partial charge in [-0.05, 0) is 42.2 Å². The van der Waals surface area contributed by atoms with E-state index in [0.29, 0.717) is 6.04 Å². The Balaban J connectivity index is 1.56. The van der Waals surface area contributed by atoms with Crippen molar-refractivity contribution in [2.75, 3.05) is 0 Å². The molecule has 0 aliphatic heterocycles. The van der Waals surface area contributed by atoms with Crippen molar-refractivity contribution in [3.63, 3.8) is 0 Å². The lowest BCUT2D eigenvalue weighted by Crippen LogP contribution is -2.20. The highest BCUT2D eigenvalue weighted by Gasteiger charge is 2.23. The van der Waals surface area contributed by atoms with Crippen molar-refractivity contribution in [2.45, 2.75) is 25.4 Å². The van der Waals surface area contributed by atoms with Crippen molar-refractivity contribution in [3.05, 3.63) is 63.9 Å². The highest BCUT2D eigenvalue weighted by Crippen LogP contribution is 2.35. The van der Waals surface area contributed by atoms with E-state index in [-0.39, 0.29) is 0 Å². The van der Waals surface area contributed by atoms with Gasteiger partial charge in [0.15, 0.2) is 0 Å². The second kappa shape index (κ2) is 5.52. The summed E-state index contributed by atoms with van der Waals surface area (Å²) in [5.41, 5.74) is 5.13. The zero-order valence-corrected chi connectivity index (χ0v) is 14.1. The lowest BCUT2D eigenvalue weighted by atomic mass is 10.1. The first kappa shape index (κ1) is 14.0. The Morgan fingerprint density at radius 2 is 2.09 bits per heavy atom. The average Bonchev–Trinajstić information content (AvgIpc) is 3.08. The van der Waals surface area contributed by atoms with Crippen LogP contribution in [0.5, 0.6) is 0 Å². The maximum atomic E-state index is 4.74. The largest absolute Gasteiger partial charge is 0.330 e. The van der Waals surface area contributed by atoms with Gasteiger partial charge in [0.05, 0.1) is 17.6 Å². The number of aryl methyl sites for hydroxylation is 1. The van der Waals surface area contributed by atoms with E-state index in [2.05, 4.69) is 69.3 Å². The Bertz CT molecular complexity index is 837. The first-order valence-electron chi connectivity index (χ1n) is 7.65. The summed E-state index contributed by atoms with van der Waals surface area (Å²) in [6.07, 6.45) is 2.29. The number of aromatic nitrogens is 2. The molecule has 1 unspecified atom stereocenters. The fourth-order valence-electron chi connectivity index (χ4n) is 3.39. The van der Waals surface area contributed by atoms with Crippen molar-refractivity contribution in [2.24, 2.45) is 7.05 Å². The molecule has 1 aliphatic rings. The normalized spacial score (nSPS) is 17.1. The van der Waals surface area contributed by atoms with Crippen molar-refractivity contribution >= 4 is 27.0 Å². The van der Waals surface area contributed by atoms with E-state index in [9.17, 15) is 0 Å². The summed E-state index contributed by atoms with van der Waals surface area (Å²) < 4.78 is 3.41. The number of imidazole rings is 1. The Morgan fingerprint density at radius 1 is 1.23 bits per heavy atom. The number of rotatable bonds is 3. The van der Waals surface area contributed by atoms with Gasteiger partial charge in [-0.1, -0.05) is 40.2 Å². The van der Waals surface area contributed by atoms with Crippen LogP contribution in [0.4, 0.5) is 0 Å². The number of nitrogens with one attached hydrogen (secondary N) is 1. The van der Waals surface area contributed by atoms with E-state index in [0.717, 1.165) is 30.7 Å². The van der Waals surface area contributed by atoms with Gasteiger partial charge in [0.1, 0.15) is 5.82 Å². The molecule has 1 N–H and O–H groups in total. The van der Waals surface area contributed by atoms with Gasteiger partial charge in [-0.2, -0.15) is 0 Å². The molecule has 0 fully saturated rings. The summed E-state index contributed by atoms with van der Waals surface area (Å²) >= 11 is 3.66. The van der Waals surface area contributed by atoms with Crippen molar-refractivity contribution in [1.29, 1.82) is 0 Å². The third-order valence-corrected chi connectivity index (χ3v) is 5.34. The van der Waals surface area contributed by atoms with Crippen molar-refractivity contribution in [3.8, 4) is 0 Å². The van der Waals surface area contributed by atoms with Crippen molar-refractivity contribution in [1.82, 2.24) is 14.9 Å². The molecule has 2 aromatic carbocycles. The van der Waals surface area contributed by atoms with Crippen LogP contribution in [0.3, 0.4) is 0 Å². The van der Waals surface area contributed by atoms with Gasteiger partial charge in [-0.3, -0.25) is 0 Å². The minimum atomic E-state index is 0.423. The molecule has 0 saturated carbocycles. The van der Waals surface area contributed by atoms with Crippen LogP contribution in [0.1, 0.15) is 29.4 Å². The number of para-hydroxylation sites is 2. The van der Waals surface area contributed by atoms with Crippen LogP contribution >= 0.6 is 15.9 Å². The molecule has 0 amide bonds. The van der Waals surface area contributed by atoms with E-state index >= 15 is 0 Å². The fourth-order valence-corrected chi connectivity index (χ4v) is 3.97. The summed E-state index contributed by atoms with van der Waals surface area (Å²) in [6.45, 7) is 0.793. The molecule has 4 rings (SSSR count). The number of benzene rings is 2. The van der Waals surface area contributed by atoms with Gasteiger partial charge in [0, 0.05) is 17.6 Å². The summed E-state index contributed by atoms with van der Waals surface area (Å²) in [6, 6.07) is 15.2. The van der Waals surface area contributed by atoms with E-state index in [1.165, 1.54) is 21.1 Å². The zero-order chi connectivity index (χ0) is 15.1. The predicted octanol–water partition coefficient (Wildman–Crippen LogP) is 4.11. The van der Waals surface area contributed by atoms with E-state index in [1.54, 1.807) is 0 Å². The summed E-state index contributed by atoms with van der Waals surface area (Å²) in [5, 5.41) is 3.68. The Morgan fingerprint density at radius 3 is 2.95 bits per heavy atom. The van der Waals surface area contributed by atoms with Gasteiger partial charge in [0.2, 0.25) is 0 Å². The quantitative estimate of drug-likeness (QED) is 0.765. The molecule has 1 atom stereocenters. The van der Waals surface area contributed by atoms with Gasteiger partial charge < -0.3 is 9.88 Å². The Hall–Kier alpha value is -1.65. The molecule has 22 heavy (non-hydrogen) atoms. The highest BCUT2D eigenvalue weighted by atomic mass is 79.9. The maximum absolute atomic E-state index is 4.74. The van der Waals surface area contributed by atoms with Crippen molar-refractivity contribution < 1.29 is 0 Å².